The van der Waals surface area contributed by atoms with Crippen LogP contribution in [0.1, 0.15) is 24.4 Å². The molecule has 0 saturated carbocycles. The van der Waals surface area contributed by atoms with Gasteiger partial charge in [-0.3, -0.25) is 4.79 Å². The van der Waals surface area contributed by atoms with E-state index in [0.717, 1.165) is 0 Å². The van der Waals surface area contributed by atoms with Gasteiger partial charge in [0, 0.05) is 36.7 Å². The van der Waals surface area contributed by atoms with Crippen molar-refractivity contribution in [2.24, 2.45) is 5.73 Å². The van der Waals surface area contributed by atoms with Crippen LogP contribution in [0.25, 0.3) is 0 Å². The third kappa shape index (κ3) is 3.11. The van der Waals surface area contributed by atoms with E-state index in [2.05, 4.69) is 0 Å². The van der Waals surface area contributed by atoms with Crippen molar-refractivity contribution in [2.75, 3.05) is 20.3 Å². The summed E-state index contributed by atoms with van der Waals surface area (Å²) in [6.07, 6.45) is 0.936. The molecule has 1 aromatic rings. The lowest BCUT2D eigenvalue weighted by molar-refractivity contribution is -0.138. The Balaban J connectivity index is 2.34. The van der Waals surface area contributed by atoms with E-state index in [9.17, 15) is 9.18 Å². The van der Waals surface area contributed by atoms with Gasteiger partial charge in [-0.25, -0.2) is 4.39 Å². The Labute approximate surface area is 122 Å². The first-order valence-electron chi connectivity index (χ1n) is 6.53. The Morgan fingerprint density at radius 2 is 2.30 bits per heavy atom. The lowest BCUT2D eigenvalue weighted by Gasteiger charge is -2.40. The molecule has 1 amide bonds. The van der Waals surface area contributed by atoms with E-state index in [1.54, 1.807) is 24.1 Å². The molecule has 20 heavy (non-hydrogen) atoms. The van der Waals surface area contributed by atoms with Crippen molar-refractivity contribution in [1.82, 2.24) is 4.90 Å². The maximum Gasteiger partial charge on any atom is 0.223 e. The summed E-state index contributed by atoms with van der Waals surface area (Å²) in [5.41, 5.74) is 6.52. The molecule has 6 heteroatoms. The zero-order valence-corrected chi connectivity index (χ0v) is 12.1. The molecule has 1 saturated heterocycles. The standard InChI is InChI=1S/C14H18ClFN2O2/c1-20-7-6-18-13(19)5-4-12(17)14(18)10-3-2-9(15)8-11(10)16/h2-3,8,12,14H,4-7,17H2,1H3. The largest absolute Gasteiger partial charge is 0.383 e. The molecule has 0 bridgehead atoms. The molecular formula is C14H18ClFN2O2. The molecule has 0 spiro atoms. The van der Waals surface area contributed by atoms with Crippen molar-refractivity contribution < 1.29 is 13.9 Å². The maximum absolute atomic E-state index is 14.1. The third-order valence-corrected chi connectivity index (χ3v) is 3.81. The van der Waals surface area contributed by atoms with E-state index in [-0.39, 0.29) is 11.9 Å². The number of piperidine rings is 1. The first kappa shape index (κ1) is 15.2. The minimum Gasteiger partial charge on any atom is -0.383 e. The average molecular weight is 301 g/mol. The number of nitrogens with two attached hydrogens (primary N) is 1. The summed E-state index contributed by atoms with van der Waals surface area (Å²) < 4.78 is 19.1. The number of hydrogen-bond acceptors (Lipinski definition) is 3. The molecule has 1 fully saturated rings. The van der Waals surface area contributed by atoms with Crippen LogP contribution in [0.3, 0.4) is 0 Å². The number of carbonyl (C=O) groups is 1. The van der Waals surface area contributed by atoms with Crippen molar-refractivity contribution >= 4 is 17.5 Å². The Bertz CT molecular complexity index is 498. The van der Waals surface area contributed by atoms with Crippen molar-refractivity contribution in [1.29, 1.82) is 0 Å². The van der Waals surface area contributed by atoms with Crippen LogP contribution in [0.2, 0.25) is 5.02 Å². The molecule has 1 aliphatic heterocycles. The van der Waals surface area contributed by atoms with Crippen LogP contribution in [0.4, 0.5) is 4.39 Å². The van der Waals surface area contributed by atoms with Gasteiger partial charge < -0.3 is 15.4 Å². The van der Waals surface area contributed by atoms with Crippen LogP contribution in [-0.2, 0) is 9.53 Å². The molecule has 1 heterocycles. The summed E-state index contributed by atoms with van der Waals surface area (Å²) in [6, 6.07) is 3.70. The van der Waals surface area contributed by atoms with Gasteiger partial charge in [0.25, 0.3) is 0 Å². The molecule has 2 atom stereocenters. The highest BCUT2D eigenvalue weighted by atomic mass is 35.5. The molecule has 110 valence electrons. The highest BCUT2D eigenvalue weighted by molar-refractivity contribution is 6.30. The second kappa shape index (κ2) is 6.52. The Morgan fingerprint density at radius 1 is 1.55 bits per heavy atom. The van der Waals surface area contributed by atoms with Crippen LogP contribution in [0.15, 0.2) is 18.2 Å². The lowest BCUT2D eigenvalue weighted by Crippen LogP contribution is -2.50. The second-order valence-corrected chi connectivity index (χ2v) is 5.33. The van der Waals surface area contributed by atoms with Gasteiger partial charge in [0.2, 0.25) is 5.91 Å². The Hall–Kier alpha value is -1.17. The maximum atomic E-state index is 14.1. The number of halogens is 2. The van der Waals surface area contributed by atoms with E-state index in [0.29, 0.717) is 36.6 Å². The predicted molar refractivity (Wildman–Crippen MR) is 74.9 cm³/mol. The number of methoxy groups -OCH3 is 1. The van der Waals surface area contributed by atoms with Crippen LogP contribution in [0, 0.1) is 5.82 Å². The number of rotatable bonds is 4. The third-order valence-electron chi connectivity index (χ3n) is 3.57. The minimum absolute atomic E-state index is 0.0249. The molecule has 4 nitrogen and oxygen atoms in total. The summed E-state index contributed by atoms with van der Waals surface area (Å²) in [4.78, 5) is 13.7. The number of likely N-dealkylation sites (tertiary alicyclic amines) is 1. The number of carbonyl (C=O) groups excluding carboxylic acids is 1. The first-order chi connectivity index (χ1) is 9.54. The van der Waals surface area contributed by atoms with Gasteiger partial charge in [-0.2, -0.15) is 0 Å². The second-order valence-electron chi connectivity index (χ2n) is 4.89. The normalized spacial score (nSPS) is 23.2. The minimum atomic E-state index is -0.469. The highest BCUT2D eigenvalue weighted by Crippen LogP contribution is 2.33. The van der Waals surface area contributed by atoms with Crippen molar-refractivity contribution in [2.45, 2.75) is 24.9 Å². The molecule has 2 rings (SSSR count). The van der Waals surface area contributed by atoms with Crippen LogP contribution in [-0.4, -0.2) is 37.1 Å². The molecule has 1 aromatic carbocycles. The average Bonchev–Trinajstić information content (AvgIpc) is 2.41. The zero-order valence-electron chi connectivity index (χ0n) is 11.3. The van der Waals surface area contributed by atoms with E-state index in [1.165, 1.54) is 6.07 Å². The zero-order chi connectivity index (χ0) is 14.7. The van der Waals surface area contributed by atoms with Crippen molar-refractivity contribution in [3.05, 3.63) is 34.6 Å². The van der Waals surface area contributed by atoms with Gasteiger partial charge in [-0.05, 0) is 18.6 Å². The number of benzene rings is 1. The summed E-state index contributed by atoms with van der Waals surface area (Å²) >= 11 is 5.77. The van der Waals surface area contributed by atoms with Gasteiger partial charge in [-0.1, -0.05) is 17.7 Å². The van der Waals surface area contributed by atoms with Gasteiger partial charge in [-0.15, -0.1) is 0 Å². The quantitative estimate of drug-likeness (QED) is 0.926. The molecular weight excluding hydrogens is 283 g/mol. The van der Waals surface area contributed by atoms with Gasteiger partial charge in [0.1, 0.15) is 5.82 Å². The first-order valence-corrected chi connectivity index (χ1v) is 6.91. The Morgan fingerprint density at radius 3 is 2.95 bits per heavy atom. The Kier molecular flexibility index (Phi) is 4.96. The lowest BCUT2D eigenvalue weighted by atomic mass is 9.90. The smallest absolute Gasteiger partial charge is 0.223 e. The van der Waals surface area contributed by atoms with E-state index in [1.807, 2.05) is 0 Å². The van der Waals surface area contributed by atoms with Crippen LogP contribution in [0.5, 0.6) is 0 Å². The molecule has 2 N–H and O–H groups in total. The van der Waals surface area contributed by atoms with Crippen LogP contribution >= 0.6 is 11.6 Å². The fraction of sp³-hybridized carbons (Fsp3) is 0.500. The SMILES string of the molecule is COCCN1C(=O)CCC(N)C1c1ccc(Cl)cc1F. The topological polar surface area (TPSA) is 55.6 Å². The molecule has 2 unspecified atom stereocenters. The fourth-order valence-electron chi connectivity index (χ4n) is 2.57. The molecule has 0 radical (unpaired) electrons. The highest BCUT2D eigenvalue weighted by Gasteiger charge is 2.36. The van der Waals surface area contributed by atoms with Gasteiger partial charge >= 0.3 is 0 Å². The van der Waals surface area contributed by atoms with Crippen molar-refractivity contribution in [3.63, 3.8) is 0 Å². The number of amides is 1. The van der Waals surface area contributed by atoms with Gasteiger partial charge in [0.05, 0.1) is 12.6 Å². The summed E-state index contributed by atoms with van der Waals surface area (Å²) in [6.45, 7) is 0.792. The summed E-state index contributed by atoms with van der Waals surface area (Å²) in [5, 5.41) is 0.324. The van der Waals surface area contributed by atoms with E-state index >= 15 is 0 Å². The molecule has 0 aromatic heterocycles. The van der Waals surface area contributed by atoms with E-state index in [4.69, 9.17) is 22.1 Å². The monoisotopic (exact) mass is 300 g/mol. The number of nitrogens with zero attached hydrogens (tertiary/aromatic N) is 1. The molecule has 1 aliphatic rings. The number of ether oxygens (including phenoxy) is 1. The van der Waals surface area contributed by atoms with E-state index < -0.39 is 11.9 Å². The molecule has 0 aliphatic carbocycles. The predicted octanol–water partition coefficient (Wildman–Crippen LogP) is 2.12. The van der Waals surface area contributed by atoms with Gasteiger partial charge in [0.15, 0.2) is 0 Å². The summed E-state index contributed by atoms with van der Waals surface area (Å²) in [7, 11) is 1.56. The van der Waals surface area contributed by atoms with Crippen LogP contribution < -0.4 is 5.73 Å². The fourth-order valence-corrected chi connectivity index (χ4v) is 2.73. The van der Waals surface area contributed by atoms with Crippen molar-refractivity contribution in [3.8, 4) is 0 Å². The number of hydrogen-bond donors (Lipinski definition) is 1. The summed E-state index contributed by atoms with van der Waals surface area (Å²) in [5.74, 6) is -0.460.